The first-order valence-corrected chi connectivity index (χ1v) is 6.20. The minimum atomic E-state index is 0.164. The molecule has 0 radical (unpaired) electrons. The lowest BCUT2D eigenvalue weighted by molar-refractivity contribution is 0.430. The second-order valence-electron chi connectivity index (χ2n) is 3.90. The topological polar surface area (TPSA) is 45.4 Å². The van der Waals surface area contributed by atoms with Gasteiger partial charge in [-0.15, -0.1) is 0 Å². The van der Waals surface area contributed by atoms with Gasteiger partial charge in [-0.1, -0.05) is 6.07 Å². The Balaban J connectivity index is 1.96. The van der Waals surface area contributed by atoms with Gasteiger partial charge in [-0.25, -0.2) is 0 Å². The molecule has 2 rings (SSSR count). The molecule has 4 heteroatoms. The molecule has 0 fully saturated rings. The molecule has 0 saturated carbocycles. The van der Waals surface area contributed by atoms with Crippen molar-refractivity contribution in [2.24, 2.45) is 0 Å². The van der Waals surface area contributed by atoms with Crippen molar-refractivity contribution in [2.45, 2.75) is 19.5 Å². The van der Waals surface area contributed by atoms with Gasteiger partial charge in [0.25, 0.3) is 0 Å². The van der Waals surface area contributed by atoms with Gasteiger partial charge in [0.2, 0.25) is 0 Å². The quantitative estimate of drug-likeness (QED) is 0.906. The number of benzene rings is 1. The second-order valence-corrected chi connectivity index (χ2v) is 4.76. The molecule has 0 aliphatic rings. The van der Waals surface area contributed by atoms with Crippen LogP contribution in [-0.2, 0) is 6.54 Å². The van der Waals surface area contributed by atoms with Gasteiger partial charge in [0.15, 0.2) is 0 Å². The summed E-state index contributed by atoms with van der Waals surface area (Å²) in [7, 11) is 0. The first-order valence-electron chi connectivity index (χ1n) is 5.41. The van der Waals surface area contributed by atoms with Gasteiger partial charge in [0.05, 0.1) is 16.8 Å². The average Bonchev–Trinajstić information content (AvgIpc) is 2.84. The first kappa shape index (κ1) is 12.2. The number of halogens is 1. The highest BCUT2D eigenvalue weighted by molar-refractivity contribution is 9.10. The van der Waals surface area contributed by atoms with Crippen LogP contribution >= 0.6 is 15.9 Å². The molecule has 1 aromatic heterocycles. The molecule has 1 heterocycles. The van der Waals surface area contributed by atoms with E-state index in [4.69, 9.17) is 4.42 Å². The molecule has 90 valence electrons. The van der Waals surface area contributed by atoms with Crippen molar-refractivity contribution < 1.29 is 9.52 Å². The van der Waals surface area contributed by atoms with E-state index in [9.17, 15) is 5.11 Å². The van der Waals surface area contributed by atoms with Crippen molar-refractivity contribution in [2.75, 3.05) is 0 Å². The van der Waals surface area contributed by atoms with Crippen LogP contribution in [0.2, 0.25) is 0 Å². The summed E-state index contributed by atoms with van der Waals surface area (Å²) in [5.41, 5.74) is 1.10. The predicted octanol–water partition coefficient (Wildman–Crippen LogP) is 3.60. The number of aromatic hydroxyl groups is 1. The van der Waals surface area contributed by atoms with Crippen molar-refractivity contribution in [1.29, 1.82) is 0 Å². The fourth-order valence-corrected chi connectivity index (χ4v) is 2.00. The number of rotatable bonds is 4. The Kier molecular flexibility index (Phi) is 3.86. The van der Waals surface area contributed by atoms with Crippen LogP contribution in [-0.4, -0.2) is 5.11 Å². The molecule has 0 amide bonds. The minimum absolute atomic E-state index is 0.164. The van der Waals surface area contributed by atoms with Gasteiger partial charge >= 0.3 is 0 Å². The number of nitrogens with one attached hydrogen (secondary N) is 1. The van der Waals surface area contributed by atoms with Crippen LogP contribution < -0.4 is 5.32 Å². The Morgan fingerprint density at radius 3 is 2.88 bits per heavy atom. The van der Waals surface area contributed by atoms with Gasteiger partial charge in [-0.2, -0.15) is 0 Å². The number of phenolic OH excluding ortho intramolecular Hbond substituents is 1. The van der Waals surface area contributed by atoms with E-state index in [0.29, 0.717) is 4.47 Å². The Morgan fingerprint density at radius 1 is 1.41 bits per heavy atom. The molecule has 0 aliphatic heterocycles. The van der Waals surface area contributed by atoms with E-state index in [1.807, 2.05) is 31.2 Å². The van der Waals surface area contributed by atoms with E-state index in [1.54, 1.807) is 12.3 Å². The van der Waals surface area contributed by atoms with Gasteiger partial charge in [0, 0.05) is 6.54 Å². The highest BCUT2D eigenvalue weighted by Crippen LogP contribution is 2.24. The SMILES string of the molecule is C[C@H](NCc1ccc(O)c(Br)c1)c1ccco1. The molecule has 0 aliphatic carbocycles. The van der Waals surface area contributed by atoms with Crippen molar-refractivity contribution in [1.82, 2.24) is 5.32 Å². The highest BCUT2D eigenvalue weighted by Gasteiger charge is 2.07. The normalized spacial score (nSPS) is 12.6. The molecular formula is C13H14BrNO2. The highest BCUT2D eigenvalue weighted by atomic mass is 79.9. The smallest absolute Gasteiger partial charge is 0.129 e. The van der Waals surface area contributed by atoms with E-state index in [2.05, 4.69) is 21.2 Å². The maximum Gasteiger partial charge on any atom is 0.129 e. The third-order valence-corrected chi connectivity index (χ3v) is 3.23. The molecule has 0 unspecified atom stereocenters. The van der Waals surface area contributed by atoms with Gasteiger partial charge in [-0.3, -0.25) is 0 Å². The molecular weight excluding hydrogens is 282 g/mol. The van der Waals surface area contributed by atoms with Gasteiger partial charge in [0.1, 0.15) is 11.5 Å². The molecule has 0 bridgehead atoms. The summed E-state index contributed by atoms with van der Waals surface area (Å²) in [5.74, 6) is 1.18. The van der Waals surface area contributed by atoms with Crippen LogP contribution in [0.4, 0.5) is 0 Å². The van der Waals surface area contributed by atoms with E-state index in [1.165, 1.54) is 0 Å². The maximum absolute atomic E-state index is 9.39. The lowest BCUT2D eigenvalue weighted by Crippen LogP contribution is -2.17. The van der Waals surface area contributed by atoms with Crippen LogP contribution in [0, 0.1) is 0 Å². The fraction of sp³-hybridized carbons (Fsp3) is 0.231. The number of hydrogen-bond donors (Lipinski definition) is 2. The van der Waals surface area contributed by atoms with E-state index >= 15 is 0 Å². The Bertz CT molecular complexity index is 482. The van der Waals surface area contributed by atoms with Crippen LogP contribution in [0.15, 0.2) is 45.5 Å². The summed E-state index contributed by atoms with van der Waals surface area (Å²) in [6.45, 7) is 2.77. The molecule has 0 spiro atoms. The number of furan rings is 1. The summed E-state index contributed by atoms with van der Waals surface area (Å²) >= 11 is 3.30. The molecule has 2 aromatic rings. The molecule has 1 aromatic carbocycles. The van der Waals surface area contributed by atoms with Gasteiger partial charge < -0.3 is 14.8 Å². The summed E-state index contributed by atoms with van der Waals surface area (Å²) in [4.78, 5) is 0. The Labute approximate surface area is 109 Å². The molecule has 0 saturated heterocycles. The second kappa shape index (κ2) is 5.38. The van der Waals surface area contributed by atoms with E-state index in [0.717, 1.165) is 17.9 Å². The predicted molar refractivity (Wildman–Crippen MR) is 69.8 cm³/mol. The monoisotopic (exact) mass is 295 g/mol. The van der Waals surface area contributed by atoms with Crippen LogP contribution in [0.5, 0.6) is 5.75 Å². The average molecular weight is 296 g/mol. The summed E-state index contributed by atoms with van der Waals surface area (Å²) in [6, 6.07) is 9.46. The lowest BCUT2D eigenvalue weighted by Gasteiger charge is -2.11. The molecule has 3 nitrogen and oxygen atoms in total. The number of hydrogen-bond acceptors (Lipinski definition) is 3. The Hall–Kier alpha value is -1.26. The third-order valence-electron chi connectivity index (χ3n) is 2.59. The lowest BCUT2D eigenvalue weighted by atomic mass is 10.2. The van der Waals surface area contributed by atoms with E-state index < -0.39 is 0 Å². The van der Waals surface area contributed by atoms with Crippen molar-refractivity contribution in [3.63, 3.8) is 0 Å². The zero-order valence-corrected chi connectivity index (χ0v) is 11.1. The van der Waals surface area contributed by atoms with Crippen molar-refractivity contribution >= 4 is 15.9 Å². The van der Waals surface area contributed by atoms with E-state index in [-0.39, 0.29) is 11.8 Å². The van der Waals surface area contributed by atoms with Crippen LogP contribution in [0.25, 0.3) is 0 Å². The summed E-state index contributed by atoms with van der Waals surface area (Å²) in [5, 5.41) is 12.7. The third kappa shape index (κ3) is 3.11. The first-order chi connectivity index (χ1) is 8.16. The minimum Gasteiger partial charge on any atom is -0.507 e. The number of phenols is 1. The van der Waals surface area contributed by atoms with Gasteiger partial charge in [-0.05, 0) is 52.7 Å². The van der Waals surface area contributed by atoms with Crippen LogP contribution in [0.3, 0.4) is 0 Å². The van der Waals surface area contributed by atoms with Crippen molar-refractivity contribution in [3.05, 3.63) is 52.4 Å². The molecule has 17 heavy (non-hydrogen) atoms. The summed E-state index contributed by atoms with van der Waals surface area (Å²) < 4.78 is 6.03. The largest absolute Gasteiger partial charge is 0.507 e. The zero-order valence-electron chi connectivity index (χ0n) is 9.48. The van der Waals surface area contributed by atoms with Crippen molar-refractivity contribution in [3.8, 4) is 5.75 Å². The Morgan fingerprint density at radius 2 is 2.24 bits per heavy atom. The molecule has 1 atom stereocenters. The fourth-order valence-electron chi connectivity index (χ4n) is 1.57. The molecule has 2 N–H and O–H groups in total. The summed E-state index contributed by atoms with van der Waals surface area (Å²) in [6.07, 6.45) is 1.67. The maximum atomic E-state index is 9.39. The zero-order chi connectivity index (χ0) is 12.3. The van der Waals surface area contributed by atoms with Crippen LogP contribution in [0.1, 0.15) is 24.3 Å². The standard InChI is InChI=1S/C13H14BrNO2/c1-9(13-3-2-6-17-13)15-8-10-4-5-12(16)11(14)7-10/h2-7,9,15-16H,8H2,1H3/t9-/m0/s1.